The highest BCUT2D eigenvalue weighted by Gasteiger charge is 1.94. The molecule has 0 aromatic carbocycles. The molecule has 0 rings (SSSR count). The highest BCUT2D eigenvalue weighted by molar-refractivity contribution is 9.09. The molecular formula is C3H6BrCl2P. The van der Waals surface area contributed by atoms with Crippen LogP contribution < -0.4 is 0 Å². The fourth-order valence-corrected chi connectivity index (χ4v) is 2.01. The zero-order valence-electron chi connectivity index (χ0n) is 3.70. The van der Waals surface area contributed by atoms with E-state index in [2.05, 4.69) is 15.9 Å². The summed E-state index contributed by atoms with van der Waals surface area (Å²) >= 11 is 14.2. The van der Waals surface area contributed by atoms with E-state index in [0.717, 1.165) is 17.9 Å². The van der Waals surface area contributed by atoms with Gasteiger partial charge in [0, 0.05) is 5.33 Å². The van der Waals surface area contributed by atoms with E-state index in [1.165, 1.54) is 0 Å². The molecule has 0 unspecified atom stereocenters. The van der Waals surface area contributed by atoms with Crippen molar-refractivity contribution in [2.75, 3.05) is 11.5 Å². The summed E-state index contributed by atoms with van der Waals surface area (Å²) in [4.78, 5) is 0. The van der Waals surface area contributed by atoms with Crippen molar-refractivity contribution < 1.29 is 0 Å². The van der Waals surface area contributed by atoms with Crippen LogP contribution in [0.15, 0.2) is 0 Å². The Kier molecular flexibility index (Phi) is 6.82. The summed E-state index contributed by atoms with van der Waals surface area (Å²) in [6, 6.07) is 0. The van der Waals surface area contributed by atoms with E-state index in [0.29, 0.717) is 0 Å². The molecule has 0 heterocycles. The molecule has 0 aromatic heterocycles. The fraction of sp³-hybridized carbons (Fsp3) is 1.00. The van der Waals surface area contributed by atoms with Gasteiger partial charge in [0.15, 0.2) is 0 Å². The van der Waals surface area contributed by atoms with Gasteiger partial charge >= 0.3 is 0 Å². The highest BCUT2D eigenvalue weighted by atomic mass is 79.9. The Morgan fingerprint density at radius 1 is 1.43 bits per heavy atom. The van der Waals surface area contributed by atoms with Gasteiger partial charge < -0.3 is 0 Å². The van der Waals surface area contributed by atoms with Gasteiger partial charge in [-0.05, 0) is 12.6 Å². The van der Waals surface area contributed by atoms with E-state index >= 15 is 0 Å². The van der Waals surface area contributed by atoms with Crippen LogP contribution in [-0.4, -0.2) is 11.5 Å². The van der Waals surface area contributed by atoms with Crippen LogP contribution in [0.25, 0.3) is 0 Å². The van der Waals surface area contributed by atoms with Crippen molar-refractivity contribution in [2.24, 2.45) is 0 Å². The lowest BCUT2D eigenvalue weighted by Crippen LogP contribution is -1.74. The minimum absolute atomic E-state index is 0.692. The van der Waals surface area contributed by atoms with Gasteiger partial charge in [0.2, 0.25) is 0 Å². The third-order valence-electron chi connectivity index (χ3n) is 0.461. The molecule has 4 heteroatoms. The summed E-state index contributed by atoms with van der Waals surface area (Å²) in [6.07, 6.45) is 2.03. The molecule has 0 atom stereocenters. The van der Waals surface area contributed by atoms with Crippen LogP contribution in [0.1, 0.15) is 6.42 Å². The lowest BCUT2D eigenvalue weighted by Gasteiger charge is -1.93. The summed E-state index contributed by atoms with van der Waals surface area (Å²) in [5.74, 6) is 0. The van der Waals surface area contributed by atoms with Crippen LogP contribution in [0.2, 0.25) is 0 Å². The lowest BCUT2D eigenvalue weighted by atomic mass is 10.6. The first kappa shape index (κ1) is 8.49. The van der Waals surface area contributed by atoms with Crippen LogP contribution in [0, 0.1) is 0 Å². The van der Waals surface area contributed by atoms with E-state index in [4.69, 9.17) is 22.5 Å². The molecule has 44 valence electrons. The standard InChI is InChI=1S/C3H6BrCl2P/c4-2-1-3-7(5)6/h1-3H2. The first-order valence-electron chi connectivity index (χ1n) is 1.92. The van der Waals surface area contributed by atoms with E-state index in [1.54, 1.807) is 0 Å². The molecule has 0 bridgehead atoms. The van der Waals surface area contributed by atoms with E-state index in [9.17, 15) is 0 Å². The van der Waals surface area contributed by atoms with Crippen LogP contribution in [0.3, 0.4) is 0 Å². The molecule has 0 radical (unpaired) electrons. The molecule has 0 saturated carbocycles. The molecular weight excluding hydrogens is 218 g/mol. The average Bonchev–Trinajstić information content (AvgIpc) is 1.61. The quantitative estimate of drug-likeness (QED) is 0.507. The van der Waals surface area contributed by atoms with E-state index in [-0.39, 0.29) is 0 Å². The molecule has 0 fully saturated rings. The second-order valence-electron chi connectivity index (χ2n) is 1.07. The summed E-state index contributed by atoms with van der Waals surface area (Å²) in [5, 5.41) is 1.01. The van der Waals surface area contributed by atoms with Crippen molar-refractivity contribution >= 4 is 45.0 Å². The fourth-order valence-electron chi connectivity index (χ4n) is 0.179. The van der Waals surface area contributed by atoms with Crippen LogP contribution in [-0.2, 0) is 0 Å². The summed E-state index contributed by atoms with van der Waals surface area (Å²) in [5.41, 5.74) is 0. The Balaban J connectivity index is 2.68. The SMILES string of the molecule is ClP(Cl)CCCBr. The van der Waals surface area contributed by atoms with E-state index in [1.807, 2.05) is 0 Å². The summed E-state index contributed by atoms with van der Waals surface area (Å²) in [7, 11) is 0. The third kappa shape index (κ3) is 7.49. The van der Waals surface area contributed by atoms with Gasteiger partial charge in [-0.15, -0.1) is 0 Å². The minimum atomic E-state index is -0.692. The Morgan fingerprint density at radius 3 is 2.14 bits per heavy atom. The molecule has 0 nitrogen and oxygen atoms in total. The molecule has 0 aliphatic rings. The summed E-state index contributed by atoms with van der Waals surface area (Å²) in [6.45, 7) is -0.692. The Hall–Kier alpha value is 1.49. The monoisotopic (exact) mass is 222 g/mol. The van der Waals surface area contributed by atoms with Crippen LogP contribution in [0.4, 0.5) is 0 Å². The van der Waals surface area contributed by atoms with Crippen molar-refractivity contribution in [3.63, 3.8) is 0 Å². The molecule has 0 amide bonds. The minimum Gasteiger partial charge on any atom is -0.0928 e. The Labute approximate surface area is 63.0 Å². The first-order valence-corrected chi connectivity index (χ1v) is 6.38. The Bertz CT molecular complexity index is 41.9. The molecule has 0 saturated heterocycles. The maximum atomic E-state index is 5.47. The Morgan fingerprint density at radius 2 is 2.00 bits per heavy atom. The van der Waals surface area contributed by atoms with Crippen LogP contribution in [0.5, 0.6) is 0 Å². The zero-order valence-corrected chi connectivity index (χ0v) is 7.69. The smallest absolute Gasteiger partial charge is 0.0854 e. The molecule has 0 N–H and O–H groups in total. The molecule has 0 aromatic rings. The predicted molar refractivity (Wildman–Crippen MR) is 41.9 cm³/mol. The van der Waals surface area contributed by atoms with Gasteiger partial charge in [0.25, 0.3) is 0 Å². The number of rotatable bonds is 3. The number of halogens is 3. The maximum Gasteiger partial charge on any atom is 0.0854 e. The molecule has 0 spiro atoms. The maximum absolute atomic E-state index is 5.47. The van der Waals surface area contributed by atoms with Gasteiger partial charge in [-0.1, -0.05) is 38.4 Å². The average molecular weight is 224 g/mol. The molecule has 0 aliphatic heterocycles. The topological polar surface area (TPSA) is 0 Å². The van der Waals surface area contributed by atoms with Crippen molar-refractivity contribution in [3.8, 4) is 0 Å². The molecule has 7 heavy (non-hydrogen) atoms. The number of alkyl halides is 1. The van der Waals surface area contributed by atoms with Gasteiger partial charge in [-0.2, -0.15) is 0 Å². The van der Waals surface area contributed by atoms with Crippen molar-refractivity contribution in [2.45, 2.75) is 6.42 Å². The normalized spacial score (nSPS) is 10.3. The van der Waals surface area contributed by atoms with Crippen molar-refractivity contribution in [1.29, 1.82) is 0 Å². The number of hydrogen-bond donors (Lipinski definition) is 0. The first-order chi connectivity index (χ1) is 3.27. The highest BCUT2D eigenvalue weighted by Crippen LogP contribution is 2.46. The third-order valence-corrected chi connectivity index (χ3v) is 2.69. The number of hydrogen-bond acceptors (Lipinski definition) is 0. The van der Waals surface area contributed by atoms with Crippen molar-refractivity contribution in [1.82, 2.24) is 0 Å². The summed E-state index contributed by atoms with van der Waals surface area (Å²) < 4.78 is 0. The zero-order chi connectivity index (χ0) is 5.70. The lowest BCUT2D eigenvalue weighted by molar-refractivity contribution is 1.13. The van der Waals surface area contributed by atoms with Gasteiger partial charge in [0.05, 0.1) is 6.63 Å². The second kappa shape index (κ2) is 5.62. The van der Waals surface area contributed by atoms with Crippen LogP contribution >= 0.6 is 45.0 Å². The van der Waals surface area contributed by atoms with Gasteiger partial charge in [0.1, 0.15) is 0 Å². The van der Waals surface area contributed by atoms with Gasteiger partial charge in [-0.25, -0.2) is 0 Å². The second-order valence-corrected chi connectivity index (χ2v) is 5.88. The van der Waals surface area contributed by atoms with Gasteiger partial charge in [-0.3, -0.25) is 0 Å². The van der Waals surface area contributed by atoms with E-state index < -0.39 is 6.63 Å². The molecule has 0 aliphatic carbocycles. The largest absolute Gasteiger partial charge is 0.0928 e. The predicted octanol–water partition coefficient (Wildman–Crippen LogP) is 3.56. The van der Waals surface area contributed by atoms with Crippen molar-refractivity contribution in [3.05, 3.63) is 0 Å².